The van der Waals surface area contributed by atoms with Crippen molar-refractivity contribution >= 4 is 28.6 Å². The Morgan fingerprint density at radius 1 is 1.07 bits per heavy atom. The van der Waals surface area contributed by atoms with Gasteiger partial charge in [-0.25, -0.2) is 4.98 Å². The summed E-state index contributed by atoms with van der Waals surface area (Å²) in [6.45, 7) is 1.73. The third-order valence-electron chi connectivity index (χ3n) is 4.50. The van der Waals surface area contributed by atoms with Crippen molar-refractivity contribution in [2.75, 3.05) is 18.5 Å². The monoisotopic (exact) mass is 376 g/mol. The molecule has 1 aliphatic heterocycles. The molecule has 1 amide bonds. The molecular weight excluding hydrogens is 356 g/mol. The summed E-state index contributed by atoms with van der Waals surface area (Å²) in [6.07, 6.45) is 3.93. The predicted octanol–water partition coefficient (Wildman–Crippen LogP) is 4.49. The Balaban J connectivity index is 1.36. The minimum Gasteiger partial charge on any atom is -0.339 e. The van der Waals surface area contributed by atoms with E-state index in [-0.39, 0.29) is 5.91 Å². The summed E-state index contributed by atoms with van der Waals surface area (Å²) in [4.78, 5) is 18.8. The summed E-state index contributed by atoms with van der Waals surface area (Å²) >= 11 is 1.51. The molecule has 27 heavy (non-hydrogen) atoms. The number of anilines is 1. The van der Waals surface area contributed by atoms with Crippen LogP contribution < -0.4 is 5.43 Å². The molecule has 1 aromatic heterocycles. The van der Waals surface area contributed by atoms with Crippen LogP contribution in [0.4, 0.5) is 5.13 Å². The first kappa shape index (κ1) is 17.4. The Morgan fingerprint density at radius 2 is 1.81 bits per heavy atom. The van der Waals surface area contributed by atoms with Gasteiger partial charge in [0.25, 0.3) is 5.91 Å². The van der Waals surface area contributed by atoms with E-state index in [0.29, 0.717) is 0 Å². The predicted molar refractivity (Wildman–Crippen MR) is 110 cm³/mol. The zero-order valence-electron chi connectivity index (χ0n) is 14.8. The van der Waals surface area contributed by atoms with Gasteiger partial charge in [0.2, 0.25) is 5.13 Å². The van der Waals surface area contributed by atoms with Gasteiger partial charge in [-0.2, -0.15) is 5.10 Å². The van der Waals surface area contributed by atoms with E-state index in [2.05, 4.69) is 15.5 Å². The number of rotatable bonds is 5. The number of amides is 1. The van der Waals surface area contributed by atoms with Gasteiger partial charge in [-0.3, -0.25) is 10.2 Å². The Morgan fingerprint density at radius 3 is 2.56 bits per heavy atom. The van der Waals surface area contributed by atoms with Crippen molar-refractivity contribution in [3.8, 4) is 11.3 Å². The lowest BCUT2D eigenvalue weighted by molar-refractivity contribution is 0.0793. The average molecular weight is 376 g/mol. The minimum absolute atomic E-state index is 0.116. The number of benzene rings is 2. The molecule has 0 aliphatic carbocycles. The van der Waals surface area contributed by atoms with Crippen molar-refractivity contribution in [3.63, 3.8) is 0 Å². The maximum absolute atomic E-state index is 12.3. The van der Waals surface area contributed by atoms with E-state index in [1.807, 2.05) is 64.9 Å². The molecule has 2 aromatic carbocycles. The molecule has 4 rings (SSSR count). The smallest absolute Gasteiger partial charge is 0.253 e. The molecule has 0 spiro atoms. The molecule has 3 aromatic rings. The summed E-state index contributed by atoms with van der Waals surface area (Å²) in [7, 11) is 0. The van der Waals surface area contributed by atoms with E-state index < -0.39 is 0 Å². The molecule has 0 saturated carbocycles. The molecule has 5 nitrogen and oxygen atoms in total. The number of nitrogens with one attached hydrogen (secondary N) is 1. The number of likely N-dealkylation sites (tertiary alicyclic amines) is 1. The van der Waals surface area contributed by atoms with Gasteiger partial charge in [0.05, 0.1) is 11.9 Å². The summed E-state index contributed by atoms with van der Waals surface area (Å²) in [5.74, 6) is 0.116. The number of thiazole rings is 1. The fraction of sp³-hybridized carbons (Fsp3) is 0.190. The van der Waals surface area contributed by atoms with Crippen molar-refractivity contribution < 1.29 is 4.79 Å². The Labute approximate surface area is 162 Å². The van der Waals surface area contributed by atoms with Crippen LogP contribution in [-0.4, -0.2) is 35.1 Å². The molecule has 0 bridgehead atoms. The standard InChI is InChI=1S/C21H20N4OS/c26-20(25-12-4-5-13-25)18-10-8-16(9-11-18)14-22-24-21-23-19(15-27-21)17-6-2-1-3-7-17/h1-3,6-11,14-15H,4-5,12-13H2,(H,23,24). The lowest BCUT2D eigenvalue weighted by Crippen LogP contribution is -2.27. The van der Waals surface area contributed by atoms with Crippen LogP contribution in [0, 0.1) is 0 Å². The number of nitrogens with zero attached hydrogens (tertiary/aromatic N) is 3. The Kier molecular flexibility index (Phi) is 5.25. The van der Waals surface area contributed by atoms with Gasteiger partial charge in [0.1, 0.15) is 0 Å². The largest absolute Gasteiger partial charge is 0.339 e. The second-order valence-electron chi connectivity index (χ2n) is 6.40. The molecule has 0 unspecified atom stereocenters. The van der Waals surface area contributed by atoms with Crippen LogP contribution in [0.2, 0.25) is 0 Å². The van der Waals surface area contributed by atoms with Gasteiger partial charge in [-0.1, -0.05) is 42.5 Å². The van der Waals surface area contributed by atoms with Crippen LogP contribution >= 0.6 is 11.3 Å². The van der Waals surface area contributed by atoms with E-state index in [4.69, 9.17) is 0 Å². The highest BCUT2D eigenvalue weighted by Crippen LogP contribution is 2.24. The molecule has 1 N–H and O–H groups in total. The molecule has 136 valence electrons. The Hall–Kier alpha value is -2.99. The van der Waals surface area contributed by atoms with Crippen molar-refractivity contribution in [3.05, 3.63) is 71.1 Å². The highest BCUT2D eigenvalue weighted by Gasteiger charge is 2.18. The molecule has 0 atom stereocenters. The number of hydrogen-bond acceptors (Lipinski definition) is 5. The van der Waals surface area contributed by atoms with E-state index in [1.54, 1.807) is 6.21 Å². The summed E-state index contributed by atoms with van der Waals surface area (Å²) < 4.78 is 0. The zero-order valence-corrected chi connectivity index (χ0v) is 15.7. The van der Waals surface area contributed by atoms with Crippen LogP contribution in [0.5, 0.6) is 0 Å². The number of carbonyl (C=O) groups is 1. The fourth-order valence-electron chi connectivity index (χ4n) is 3.04. The number of hydrazone groups is 1. The third-order valence-corrected chi connectivity index (χ3v) is 5.25. The van der Waals surface area contributed by atoms with Gasteiger partial charge in [-0.15, -0.1) is 11.3 Å². The van der Waals surface area contributed by atoms with Crippen LogP contribution in [0.1, 0.15) is 28.8 Å². The summed E-state index contributed by atoms with van der Waals surface area (Å²) in [5.41, 5.74) is 6.65. The molecule has 6 heteroatoms. The number of hydrogen-bond donors (Lipinski definition) is 1. The van der Waals surface area contributed by atoms with Crippen LogP contribution in [0.15, 0.2) is 65.1 Å². The fourth-order valence-corrected chi connectivity index (χ4v) is 3.71. The van der Waals surface area contributed by atoms with Gasteiger partial charge in [0.15, 0.2) is 0 Å². The first-order chi connectivity index (χ1) is 13.3. The van der Waals surface area contributed by atoms with Crippen LogP contribution in [-0.2, 0) is 0 Å². The molecular formula is C21H20N4OS. The third kappa shape index (κ3) is 4.23. The first-order valence-corrected chi connectivity index (χ1v) is 9.87. The second-order valence-corrected chi connectivity index (χ2v) is 7.25. The lowest BCUT2D eigenvalue weighted by Gasteiger charge is -2.14. The first-order valence-electron chi connectivity index (χ1n) is 8.99. The second kappa shape index (κ2) is 8.14. The van der Waals surface area contributed by atoms with Gasteiger partial charge in [0, 0.05) is 29.6 Å². The quantitative estimate of drug-likeness (QED) is 0.527. The van der Waals surface area contributed by atoms with E-state index in [9.17, 15) is 4.79 Å². The maximum atomic E-state index is 12.3. The number of carbonyl (C=O) groups excluding carboxylic acids is 1. The Bertz CT molecular complexity index is 928. The van der Waals surface area contributed by atoms with Gasteiger partial charge in [-0.05, 0) is 30.5 Å². The van der Waals surface area contributed by atoms with Gasteiger partial charge >= 0.3 is 0 Å². The van der Waals surface area contributed by atoms with E-state index in [0.717, 1.165) is 53.4 Å². The highest BCUT2D eigenvalue weighted by molar-refractivity contribution is 7.14. The topological polar surface area (TPSA) is 57.6 Å². The van der Waals surface area contributed by atoms with E-state index in [1.165, 1.54) is 11.3 Å². The van der Waals surface area contributed by atoms with Crippen molar-refractivity contribution in [1.29, 1.82) is 0 Å². The number of aromatic nitrogens is 1. The van der Waals surface area contributed by atoms with Crippen molar-refractivity contribution in [2.45, 2.75) is 12.8 Å². The maximum Gasteiger partial charge on any atom is 0.253 e. The van der Waals surface area contributed by atoms with Crippen LogP contribution in [0.25, 0.3) is 11.3 Å². The molecule has 1 fully saturated rings. The minimum atomic E-state index is 0.116. The SMILES string of the molecule is O=C(c1ccc(C=NNc2nc(-c3ccccc3)cs2)cc1)N1CCCC1. The molecule has 0 radical (unpaired) electrons. The van der Waals surface area contributed by atoms with E-state index >= 15 is 0 Å². The highest BCUT2D eigenvalue weighted by atomic mass is 32.1. The van der Waals surface area contributed by atoms with Crippen molar-refractivity contribution in [1.82, 2.24) is 9.88 Å². The van der Waals surface area contributed by atoms with Crippen molar-refractivity contribution in [2.24, 2.45) is 5.10 Å². The normalized spacial score (nSPS) is 14.0. The zero-order chi connectivity index (χ0) is 18.5. The molecule has 2 heterocycles. The molecule has 1 aliphatic rings. The van der Waals surface area contributed by atoms with Gasteiger partial charge < -0.3 is 4.90 Å². The van der Waals surface area contributed by atoms with Crippen LogP contribution in [0.3, 0.4) is 0 Å². The lowest BCUT2D eigenvalue weighted by atomic mass is 10.1. The summed E-state index contributed by atoms with van der Waals surface area (Å²) in [5, 5.41) is 7.00. The average Bonchev–Trinajstić information content (AvgIpc) is 3.41. The molecule has 1 saturated heterocycles. The summed E-state index contributed by atoms with van der Waals surface area (Å²) in [6, 6.07) is 17.6.